The first-order valence-corrected chi connectivity index (χ1v) is 13.4. The Morgan fingerprint density at radius 1 is 0.846 bits per heavy atom. The molecule has 0 aromatic heterocycles. The number of carbonyl (C=O) groups excluding carboxylic acids is 2. The lowest BCUT2D eigenvalue weighted by Crippen LogP contribution is -2.31. The molecule has 3 aromatic carbocycles. The van der Waals surface area contributed by atoms with Crippen molar-refractivity contribution in [2.24, 2.45) is 0 Å². The van der Waals surface area contributed by atoms with Crippen LogP contribution in [-0.4, -0.2) is 28.2 Å². The summed E-state index contributed by atoms with van der Waals surface area (Å²) >= 11 is 0. The molecule has 1 aliphatic heterocycles. The first-order valence-electron chi connectivity index (χ1n) is 13.4. The van der Waals surface area contributed by atoms with Gasteiger partial charge >= 0.3 is 0 Å². The molecule has 39 heavy (non-hydrogen) atoms. The summed E-state index contributed by atoms with van der Waals surface area (Å²) in [5.41, 5.74) is 5.00. The van der Waals surface area contributed by atoms with Crippen LogP contribution in [-0.2, 0) is 26.8 Å². The van der Waals surface area contributed by atoms with Crippen LogP contribution < -0.4 is 0 Å². The number of hydrogen-bond donors (Lipinski definition) is 1. The second-order valence-corrected chi connectivity index (χ2v) is 12.5. The summed E-state index contributed by atoms with van der Waals surface area (Å²) < 4.78 is 13.4. The number of aliphatic hydroxyl groups excluding tert-OH is 1. The highest BCUT2D eigenvalue weighted by molar-refractivity contribution is 6.46. The smallest absolute Gasteiger partial charge is 0.295 e. The van der Waals surface area contributed by atoms with Crippen LogP contribution in [0.4, 0.5) is 4.39 Å². The molecule has 1 amide bonds. The molecular formula is C34H38FNO3. The van der Waals surface area contributed by atoms with Gasteiger partial charge in [0, 0.05) is 12.1 Å². The molecule has 0 saturated carbocycles. The van der Waals surface area contributed by atoms with Crippen molar-refractivity contribution in [2.45, 2.75) is 71.8 Å². The highest BCUT2D eigenvalue weighted by Crippen LogP contribution is 2.41. The number of ketones is 1. The van der Waals surface area contributed by atoms with Crippen molar-refractivity contribution in [1.29, 1.82) is 0 Å². The number of nitrogens with zero attached hydrogens (tertiary/aromatic N) is 1. The van der Waals surface area contributed by atoms with E-state index >= 15 is 0 Å². The topological polar surface area (TPSA) is 57.6 Å². The van der Waals surface area contributed by atoms with Gasteiger partial charge in [0.15, 0.2) is 0 Å². The molecule has 5 heteroatoms. The lowest BCUT2D eigenvalue weighted by Gasteiger charge is -2.27. The molecule has 1 N–H and O–H groups in total. The highest BCUT2D eigenvalue weighted by atomic mass is 19.1. The number of likely N-dealkylation sites (tertiary alicyclic amines) is 1. The van der Waals surface area contributed by atoms with Crippen LogP contribution in [0.15, 0.2) is 72.3 Å². The first-order chi connectivity index (χ1) is 18.2. The van der Waals surface area contributed by atoms with Gasteiger partial charge < -0.3 is 10.0 Å². The van der Waals surface area contributed by atoms with Gasteiger partial charge in [0.05, 0.1) is 11.6 Å². The number of carbonyl (C=O) groups is 2. The fourth-order valence-electron chi connectivity index (χ4n) is 5.01. The highest BCUT2D eigenvalue weighted by Gasteiger charge is 2.46. The van der Waals surface area contributed by atoms with Crippen molar-refractivity contribution in [1.82, 2.24) is 4.90 Å². The molecule has 4 rings (SSSR count). The minimum Gasteiger partial charge on any atom is -0.507 e. The number of hydrogen-bond acceptors (Lipinski definition) is 3. The standard InChI is InChI=1S/C34H38FNO3/c1-21-8-13-25(34(5,6)7)20-27(21)30(37)28-29(23-11-14-24(15-12-23)33(2,3)4)36(32(39)31(28)38)19-18-22-9-16-26(35)17-10-22/h8-17,20,29,37H,18-19H2,1-7H3/b30-28+. The molecule has 1 atom stereocenters. The van der Waals surface area contributed by atoms with E-state index in [0.717, 1.165) is 27.8 Å². The second-order valence-electron chi connectivity index (χ2n) is 12.5. The first kappa shape index (κ1) is 28.3. The van der Waals surface area contributed by atoms with E-state index in [1.807, 2.05) is 49.4 Å². The van der Waals surface area contributed by atoms with Crippen molar-refractivity contribution in [2.75, 3.05) is 6.54 Å². The van der Waals surface area contributed by atoms with Gasteiger partial charge in [0.2, 0.25) is 0 Å². The van der Waals surface area contributed by atoms with Gasteiger partial charge in [0.1, 0.15) is 11.6 Å². The monoisotopic (exact) mass is 527 g/mol. The fourth-order valence-corrected chi connectivity index (χ4v) is 5.01. The van der Waals surface area contributed by atoms with Crippen LogP contribution >= 0.6 is 0 Å². The number of aliphatic hydroxyl groups is 1. The third-order valence-electron chi connectivity index (χ3n) is 7.55. The zero-order chi connectivity index (χ0) is 28.7. The third kappa shape index (κ3) is 5.83. The molecule has 0 spiro atoms. The Morgan fingerprint density at radius 2 is 1.41 bits per heavy atom. The number of benzene rings is 3. The quantitative estimate of drug-likeness (QED) is 0.214. The lowest BCUT2D eigenvalue weighted by molar-refractivity contribution is -0.139. The predicted molar refractivity (Wildman–Crippen MR) is 154 cm³/mol. The molecular weight excluding hydrogens is 489 g/mol. The Morgan fingerprint density at radius 3 is 1.97 bits per heavy atom. The Labute approximate surface area is 231 Å². The maximum atomic E-state index is 13.5. The summed E-state index contributed by atoms with van der Waals surface area (Å²) in [5.74, 6) is -1.83. The normalized spacial score (nSPS) is 17.6. The van der Waals surface area contributed by atoms with E-state index in [4.69, 9.17) is 0 Å². The summed E-state index contributed by atoms with van der Waals surface area (Å²) in [4.78, 5) is 28.5. The van der Waals surface area contributed by atoms with Gasteiger partial charge in [-0.15, -0.1) is 0 Å². The Balaban J connectivity index is 1.84. The van der Waals surface area contributed by atoms with E-state index < -0.39 is 17.7 Å². The van der Waals surface area contributed by atoms with Crippen molar-refractivity contribution in [3.8, 4) is 0 Å². The van der Waals surface area contributed by atoms with Crippen molar-refractivity contribution in [3.05, 3.63) is 112 Å². The van der Waals surface area contributed by atoms with E-state index in [9.17, 15) is 19.1 Å². The Hall–Kier alpha value is -3.73. The summed E-state index contributed by atoms with van der Waals surface area (Å²) in [6.45, 7) is 14.8. The number of halogens is 1. The number of amides is 1. The van der Waals surface area contributed by atoms with Gasteiger partial charge in [-0.2, -0.15) is 0 Å². The summed E-state index contributed by atoms with van der Waals surface area (Å²) in [7, 11) is 0. The van der Waals surface area contributed by atoms with Crippen LogP contribution in [0.3, 0.4) is 0 Å². The van der Waals surface area contributed by atoms with E-state index in [1.54, 1.807) is 12.1 Å². The Bertz CT molecular complexity index is 1420. The summed E-state index contributed by atoms with van der Waals surface area (Å²) in [6, 6.07) is 19.2. The molecule has 0 aliphatic carbocycles. The molecule has 1 fully saturated rings. The third-order valence-corrected chi connectivity index (χ3v) is 7.55. The molecule has 1 aliphatic rings. The predicted octanol–water partition coefficient (Wildman–Crippen LogP) is 7.39. The SMILES string of the molecule is Cc1ccc(C(C)(C)C)cc1/C(O)=C1\C(=O)C(=O)N(CCc2ccc(F)cc2)C1c1ccc(C(C)(C)C)cc1. The lowest BCUT2D eigenvalue weighted by atomic mass is 9.84. The zero-order valence-corrected chi connectivity index (χ0v) is 23.9. The molecule has 4 nitrogen and oxygen atoms in total. The molecule has 3 aromatic rings. The maximum absolute atomic E-state index is 13.5. The van der Waals surface area contributed by atoms with Gasteiger partial charge in [-0.3, -0.25) is 9.59 Å². The van der Waals surface area contributed by atoms with Gasteiger partial charge in [0.25, 0.3) is 11.7 Å². The van der Waals surface area contributed by atoms with E-state index in [-0.39, 0.29) is 34.5 Å². The van der Waals surface area contributed by atoms with Crippen LogP contribution in [0.25, 0.3) is 5.76 Å². The average molecular weight is 528 g/mol. The molecule has 204 valence electrons. The van der Waals surface area contributed by atoms with E-state index in [2.05, 4.69) is 41.5 Å². The molecule has 1 unspecified atom stereocenters. The van der Waals surface area contributed by atoms with Crippen molar-refractivity contribution in [3.63, 3.8) is 0 Å². The van der Waals surface area contributed by atoms with Gasteiger partial charge in [-0.1, -0.05) is 90.1 Å². The molecule has 0 radical (unpaired) electrons. The van der Waals surface area contributed by atoms with Crippen LogP contribution in [0.5, 0.6) is 0 Å². The van der Waals surface area contributed by atoms with Crippen LogP contribution in [0.2, 0.25) is 0 Å². The zero-order valence-electron chi connectivity index (χ0n) is 23.9. The van der Waals surface area contributed by atoms with Crippen molar-refractivity contribution < 1.29 is 19.1 Å². The Kier molecular flexibility index (Phi) is 7.57. The van der Waals surface area contributed by atoms with Crippen LogP contribution in [0, 0.1) is 12.7 Å². The number of Topliss-reactive ketones (excluding diaryl/α,β-unsaturated/α-hetero) is 1. The van der Waals surface area contributed by atoms with Crippen LogP contribution in [0.1, 0.15) is 81.0 Å². The average Bonchev–Trinajstić information content (AvgIpc) is 3.12. The van der Waals surface area contributed by atoms with E-state index in [0.29, 0.717) is 12.0 Å². The summed E-state index contributed by atoms with van der Waals surface area (Å²) in [6.07, 6.45) is 0.447. The minimum absolute atomic E-state index is 0.0621. The van der Waals surface area contributed by atoms with Gasteiger partial charge in [-0.25, -0.2) is 4.39 Å². The fraction of sp³-hybridized carbons (Fsp3) is 0.353. The largest absolute Gasteiger partial charge is 0.507 e. The minimum atomic E-state index is -0.739. The summed E-state index contributed by atoms with van der Waals surface area (Å²) in [5, 5.41) is 11.7. The van der Waals surface area contributed by atoms with Crippen molar-refractivity contribution >= 4 is 17.4 Å². The van der Waals surface area contributed by atoms with E-state index in [1.165, 1.54) is 17.0 Å². The molecule has 0 bridgehead atoms. The second kappa shape index (κ2) is 10.4. The number of rotatable bonds is 5. The maximum Gasteiger partial charge on any atom is 0.295 e. The van der Waals surface area contributed by atoms with Gasteiger partial charge in [-0.05, 0) is 70.2 Å². The number of aryl methyl sites for hydroxylation is 1. The molecule has 1 heterocycles. The molecule has 1 saturated heterocycles.